The van der Waals surface area contributed by atoms with Gasteiger partial charge in [0.05, 0.1) is 5.56 Å². The fourth-order valence-electron chi connectivity index (χ4n) is 4.22. The monoisotopic (exact) mass is 646 g/mol. The second-order valence-corrected chi connectivity index (χ2v) is 10.4. The van der Waals surface area contributed by atoms with Crippen LogP contribution in [0.3, 0.4) is 0 Å². The number of aliphatic carboxylic acids is 4. The lowest BCUT2D eigenvalue weighted by molar-refractivity contribution is -0.165. The zero-order chi connectivity index (χ0) is 34.9. The van der Waals surface area contributed by atoms with E-state index in [1.54, 1.807) is 0 Å². The Morgan fingerprint density at radius 3 is 1.60 bits per heavy atom. The Kier molecular flexibility index (Phi) is 19.4. The van der Waals surface area contributed by atoms with Gasteiger partial charge in [-0.25, -0.2) is 24.0 Å². The van der Waals surface area contributed by atoms with E-state index >= 15 is 0 Å². The predicted octanol–water partition coefficient (Wildman–Crippen LogP) is -0.571. The van der Waals surface area contributed by atoms with Gasteiger partial charge < -0.3 is 55.4 Å². The molecular weight excluding hydrogens is 600 g/mol. The summed E-state index contributed by atoms with van der Waals surface area (Å²) in [5.41, 5.74) is 0.643. The number of carbonyl (C=O) groups excluding carboxylic acids is 1. The number of ether oxygens (including phenoxy) is 1. The molecule has 3 unspecified atom stereocenters. The molecule has 1 aromatic carbocycles. The highest BCUT2D eigenvalue weighted by Gasteiger charge is 2.33. The summed E-state index contributed by atoms with van der Waals surface area (Å²) in [6.45, 7) is 14.4. The number of aliphatic hydroxyl groups is 4. The average Bonchev–Trinajstić information content (AvgIpc) is 3.00. The third kappa shape index (κ3) is 15.3. The van der Waals surface area contributed by atoms with Crippen LogP contribution in [0.25, 0.3) is 0 Å². The van der Waals surface area contributed by atoms with Crippen molar-refractivity contribution in [1.82, 2.24) is 9.80 Å². The van der Waals surface area contributed by atoms with Crippen LogP contribution in [0.5, 0.6) is 0 Å². The van der Waals surface area contributed by atoms with Gasteiger partial charge >= 0.3 is 29.8 Å². The molecule has 2 rings (SSSR count). The predicted molar refractivity (Wildman–Crippen MR) is 157 cm³/mol. The van der Waals surface area contributed by atoms with Crippen LogP contribution in [0.15, 0.2) is 30.3 Å². The molecule has 7 atom stereocenters. The topological polar surface area (TPSA) is 263 Å². The minimum absolute atomic E-state index is 0.0155. The van der Waals surface area contributed by atoms with Gasteiger partial charge in [0.2, 0.25) is 0 Å². The average molecular weight is 647 g/mol. The third-order valence-corrected chi connectivity index (χ3v) is 7.05. The Balaban J connectivity index is 0.000000798. The maximum Gasteiger partial charge on any atom is 0.338 e. The highest BCUT2D eigenvalue weighted by Crippen LogP contribution is 2.25. The van der Waals surface area contributed by atoms with Crippen LogP contribution in [0.2, 0.25) is 0 Å². The van der Waals surface area contributed by atoms with Gasteiger partial charge in [-0.15, -0.1) is 0 Å². The van der Waals surface area contributed by atoms with Gasteiger partial charge in [0.15, 0.2) is 24.4 Å². The summed E-state index contributed by atoms with van der Waals surface area (Å²) in [5.74, 6) is -6.90. The van der Waals surface area contributed by atoms with Crippen LogP contribution < -0.4 is 0 Å². The molecule has 0 radical (unpaired) electrons. The van der Waals surface area contributed by atoms with Crippen molar-refractivity contribution >= 4 is 29.8 Å². The van der Waals surface area contributed by atoms with Crippen molar-refractivity contribution < 1.29 is 69.6 Å². The molecular formula is C29H46N2O14. The van der Waals surface area contributed by atoms with E-state index in [1.165, 1.54) is 6.42 Å². The van der Waals surface area contributed by atoms with E-state index in [2.05, 4.69) is 37.5 Å². The van der Waals surface area contributed by atoms with Crippen LogP contribution in [0.1, 0.15) is 50.9 Å². The molecule has 16 nitrogen and oxygen atoms in total. The SMILES string of the molecule is CCN(CC)CCCN1CC(C)C(OC(=O)c2ccccc2)CC1C.O=C(O)[C@H](O)[C@@H](O)C(=O)O.O=C(O)[C@H](O)[C@@H](O)C(=O)O. The molecule has 0 bridgehead atoms. The lowest BCUT2D eigenvalue weighted by atomic mass is 9.91. The van der Waals surface area contributed by atoms with E-state index in [0.29, 0.717) is 17.5 Å². The maximum atomic E-state index is 12.3. The maximum absolute atomic E-state index is 12.3. The minimum Gasteiger partial charge on any atom is -0.479 e. The summed E-state index contributed by atoms with van der Waals surface area (Å²) >= 11 is 0. The van der Waals surface area contributed by atoms with Crippen molar-refractivity contribution in [3.8, 4) is 0 Å². The molecule has 45 heavy (non-hydrogen) atoms. The smallest absolute Gasteiger partial charge is 0.338 e. The quantitative estimate of drug-likeness (QED) is 0.118. The molecule has 1 aromatic rings. The van der Waals surface area contributed by atoms with Crippen LogP contribution in [0.4, 0.5) is 0 Å². The molecule has 1 heterocycles. The van der Waals surface area contributed by atoms with E-state index < -0.39 is 48.3 Å². The number of likely N-dealkylation sites (tertiary alicyclic amines) is 1. The Morgan fingerprint density at radius 1 is 0.800 bits per heavy atom. The fourth-order valence-corrected chi connectivity index (χ4v) is 4.22. The molecule has 1 aliphatic heterocycles. The van der Waals surface area contributed by atoms with Crippen molar-refractivity contribution in [2.45, 2.75) is 77.1 Å². The number of carbonyl (C=O) groups is 5. The van der Waals surface area contributed by atoms with Crippen LogP contribution in [-0.2, 0) is 23.9 Å². The summed E-state index contributed by atoms with van der Waals surface area (Å²) in [4.78, 5) is 56.4. The molecule has 256 valence electrons. The van der Waals surface area contributed by atoms with Crippen LogP contribution >= 0.6 is 0 Å². The standard InChI is InChI=1S/C21H34N2O2.2C4H6O6/c1-5-22(6-2)13-10-14-23-16-17(3)20(15-18(23)4)25-21(24)19-11-8-7-9-12-19;2*5-1(3(7)8)2(6)4(9)10/h7-9,11-12,17-18,20H,5-6,10,13-16H2,1-4H3;2*1-2,5-6H,(H,7,8)(H,9,10)/t;2*1-,2-/m.11/s1. The van der Waals surface area contributed by atoms with E-state index in [9.17, 15) is 24.0 Å². The molecule has 16 heteroatoms. The number of piperidine rings is 1. The highest BCUT2D eigenvalue weighted by atomic mass is 16.5. The Morgan fingerprint density at radius 2 is 1.22 bits per heavy atom. The molecule has 0 aliphatic carbocycles. The van der Waals surface area contributed by atoms with E-state index in [0.717, 1.165) is 39.1 Å². The minimum atomic E-state index is -2.27. The lowest BCUT2D eigenvalue weighted by Crippen LogP contribution is -2.49. The Hall–Kier alpha value is -3.67. The molecule has 0 amide bonds. The van der Waals surface area contributed by atoms with Gasteiger partial charge in [0.25, 0.3) is 0 Å². The van der Waals surface area contributed by atoms with Gasteiger partial charge in [0.1, 0.15) is 6.10 Å². The normalized spacial score (nSPS) is 20.6. The molecule has 1 fully saturated rings. The lowest BCUT2D eigenvalue weighted by Gasteiger charge is -2.41. The first-order valence-electron chi connectivity index (χ1n) is 14.3. The van der Waals surface area contributed by atoms with Crippen molar-refractivity contribution in [3.63, 3.8) is 0 Å². The Labute approximate surface area is 261 Å². The zero-order valence-corrected chi connectivity index (χ0v) is 25.8. The number of hydrogen-bond acceptors (Lipinski definition) is 12. The summed E-state index contributed by atoms with van der Waals surface area (Å²) < 4.78 is 5.81. The molecule has 1 aliphatic rings. The summed E-state index contributed by atoms with van der Waals surface area (Å²) in [7, 11) is 0. The van der Waals surface area contributed by atoms with Gasteiger partial charge in [-0.1, -0.05) is 39.0 Å². The summed E-state index contributed by atoms with van der Waals surface area (Å²) in [5, 5.41) is 65.1. The molecule has 0 aromatic heterocycles. The van der Waals surface area contributed by atoms with Crippen molar-refractivity contribution in [2.24, 2.45) is 5.92 Å². The third-order valence-electron chi connectivity index (χ3n) is 7.05. The summed E-state index contributed by atoms with van der Waals surface area (Å²) in [6, 6.07) is 9.76. The van der Waals surface area contributed by atoms with Crippen molar-refractivity contribution in [1.29, 1.82) is 0 Å². The van der Waals surface area contributed by atoms with E-state index in [4.69, 9.17) is 45.6 Å². The summed E-state index contributed by atoms with van der Waals surface area (Å²) in [6.07, 6.45) is -6.93. The second-order valence-electron chi connectivity index (χ2n) is 10.4. The van der Waals surface area contributed by atoms with Gasteiger partial charge in [-0.05, 0) is 58.1 Å². The van der Waals surface area contributed by atoms with Gasteiger partial charge in [-0.3, -0.25) is 0 Å². The first-order valence-corrected chi connectivity index (χ1v) is 14.3. The van der Waals surface area contributed by atoms with Crippen LogP contribution in [-0.4, -0.2) is 150 Å². The first kappa shape index (κ1) is 41.3. The molecule has 1 saturated heterocycles. The number of benzene rings is 1. The van der Waals surface area contributed by atoms with Crippen molar-refractivity contribution in [3.05, 3.63) is 35.9 Å². The first-order chi connectivity index (χ1) is 21.0. The largest absolute Gasteiger partial charge is 0.479 e. The molecule has 0 spiro atoms. The highest BCUT2D eigenvalue weighted by molar-refractivity contribution is 5.89. The number of esters is 1. The van der Waals surface area contributed by atoms with Crippen LogP contribution in [0, 0.1) is 5.92 Å². The molecule has 8 N–H and O–H groups in total. The number of hydrogen-bond donors (Lipinski definition) is 8. The van der Waals surface area contributed by atoms with Crippen molar-refractivity contribution in [2.75, 3.05) is 32.7 Å². The number of carboxylic acid groups (broad SMARTS) is 4. The van der Waals surface area contributed by atoms with E-state index in [1.807, 2.05) is 30.3 Å². The van der Waals surface area contributed by atoms with Gasteiger partial charge in [-0.2, -0.15) is 0 Å². The van der Waals surface area contributed by atoms with E-state index in [-0.39, 0.29) is 12.1 Å². The second kappa shape index (κ2) is 21.1. The number of nitrogens with zero attached hydrogens (tertiary/aromatic N) is 2. The number of aliphatic hydroxyl groups excluding tert-OH is 4. The Bertz CT molecular complexity index is 996. The zero-order valence-electron chi connectivity index (χ0n) is 25.8. The fraction of sp³-hybridized carbons (Fsp3) is 0.621. The number of rotatable bonds is 14. The number of carboxylic acids is 4. The van der Waals surface area contributed by atoms with Gasteiger partial charge in [0, 0.05) is 18.5 Å². The molecule has 0 saturated carbocycles.